The van der Waals surface area contributed by atoms with Gasteiger partial charge in [0.05, 0.1) is 34.9 Å². The zero-order valence-electron chi connectivity index (χ0n) is 18.0. The maximum Gasteiger partial charge on any atom is 0.256 e. The van der Waals surface area contributed by atoms with Crippen LogP contribution >= 0.6 is 22.9 Å². The van der Waals surface area contributed by atoms with E-state index in [9.17, 15) is 9.59 Å². The van der Waals surface area contributed by atoms with Crippen LogP contribution in [0.1, 0.15) is 44.1 Å². The molecule has 0 atom stereocenters. The number of aromatic nitrogens is 3. The fraction of sp³-hybridized carbons (Fsp3) is 0.250. The maximum absolute atomic E-state index is 13.4. The van der Waals surface area contributed by atoms with Crippen LogP contribution in [0.15, 0.2) is 48.0 Å². The van der Waals surface area contributed by atoms with E-state index in [4.69, 9.17) is 11.6 Å². The van der Waals surface area contributed by atoms with E-state index in [-0.39, 0.29) is 11.8 Å². The Morgan fingerprint density at radius 1 is 1.15 bits per heavy atom. The predicted octanol–water partition coefficient (Wildman–Crippen LogP) is 4.99. The number of carbonyl (C=O) groups is 2. The van der Waals surface area contributed by atoms with Crippen molar-refractivity contribution in [3.05, 3.63) is 74.7 Å². The van der Waals surface area contributed by atoms with Gasteiger partial charge in [-0.2, -0.15) is 5.10 Å². The Kier molecular flexibility index (Phi) is 5.86. The highest BCUT2D eigenvalue weighted by Gasteiger charge is 2.24. The van der Waals surface area contributed by atoms with Crippen LogP contribution in [0, 0.1) is 6.92 Å². The molecule has 1 aliphatic rings. The van der Waals surface area contributed by atoms with Crippen LogP contribution in [0.25, 0.3) is 11.0 Å². The molecule has 1 aliphatic heterocycles. The third kappa shape index (κ3) is 4.36. The largest absolute Gasteiger partial charge is 0.339 e. The first-order valence-electron chi connectivity index (χ1n) is 10.8. The molecule has 9 heteroatoms. The third-order valence-corrected chi connectivity index (χ3v) is 6.82. The lowest BCUT2D eigenvalue weighted by Gasteiger charge is -2.18. The first-order chi connectivity index (χ1) is 16.0. The van der Waals surface area contributed by atoms with Gasteiger partial charge in [0.2, 0.25) is 0 Å². The van der Waals surface area contributed by atoms with Crippen molar-refractivity contribution in [3.63, 3.8) is 0 Å². The highest BCUT2D eigenvalue weighted by atomic mass is 35.5. The Morgan fingerprint density at radius 2 is 1.97 bits per heavy atom. The molecular weight excluding hydrogens is 458 g/mol. The van der Waals surface area contributed by atoms with Gasteiger partial charge in [0.1, 0.15) is 0 Å². The van der Waals surface area contributed by atoms with Gasteiger partial charge in [0, 0.05) is 28.7 Å². The van der Waals surface area contributed by atoms with E-state index in [0.717, 1.165) is 30.8 Å². The van der Waals surface area contributed by atoms with Crippen LogP contribution in [0.2, 0.25) is 5.02 Å². The molecule has 4 heterocycles. The van der Waals surface area contributed by atoms with Crippen molar-refractivity contribution in [1.82, 2.24) is 19.7 Å². The molecule has 0 aliphatic carbocycles. The Morgan fingerprint density at radius 3 is 2.73 bits per heavy atom. The van der Waals surface area contributed by atoms with E-state index < -0.39 is 0 Å². The number of nitrogens with one attached hydrogen (secondary N) is 1. The van der Waals surface area contributed by atoms with Gasteiger partial charge < -0.3 is 10.2 Å². The van der Waals surface area contributed by atoms with Gasteiger partial charge in [-0.05, 0) is 55.5 Å². The summed E-state index contributed by atoms with van der Waals surface area (Å²) in [5.41, 5.74) is 2.64. The van der Waals surface area contributed by atoms with E-state index in [1.807, 2.05) is 29.3 Å². The lowest BCUT2D eigenvalue weighted by Crippen LogP contribution is -2.29. The molecule has 0 radical (unpaired) electrons. The van der Waals surface area contributed by atoms with E-state index in [1.165, 1.54) is 0 Å². The Bertz CT molecular complexity index is 1340. The van der Waals surface area contributed by atoms with Crippen LogP contribution in [0.3, 0.4) is 0 Å². The average molecular weight is 480 g/mol. The molecular formula is C24H22ClN5O2S. The lowest BCUT2D eigenvalue weighted by molar-refractivity contribution is 0.0794. The smallest absolute Gasteiger partial charge is 0.256 e. The summed E-state index contributed by atoms with van der Waals surface area (Å²) in [4.78, 5) is 34.0. The number of anilines is 1. The summed E-state index contributed by atoms with van der Waals surface area (Å²) < 4.78 is 1.80. The van der Waals surface area contributed by atoms with Crippen LogP contribution in [0.5, 0.6) is 0 Å². The average Bonchev–Trinajstić information content (AvgIpc) is 3.56. The molecule has 1 aromatic carbocycles. The molecule has 7 nitrogen and oxygen atoms in total. The van der Waals surface area contributed by atoms with Gasteiger partial charge in [-0.15, -0.1) is 11.3 Å². The summed E-state index contributed by atoms with van der Waals surface area (Å²) in [5.74, 6) is -0.432. The summed E-state index contributed by atoms with van der Waals surface area (Å²) in [6.45, 7) is 3.88. The Balaban J connectivity index is 1.48. The molecule has 1 N–H and O–H groups in total. The molecule has 2 amide bonds. The molecule has 0 saturated carbocycles. The van der Waals surface area contributed by atoms with Gasteiger partial charge in [-0.1, -0.05) is 17.7 Å². The van der Waals surface area contributed by atoms with Gasteiger partial charge in [-0.25, -0.2) is 9.67 Å². The number of thiophene rings is 1. The number of likely N-dealkylation sites (tertiary alicyclic amines) is 1. The second-order valence-corrected chi connectivity index (χ2v) is 9.54. The second-order valence-electron chi connectivity index (χ2n) is 8.07. The number of carbonyl (C=O) groups excluding carboxylic acids is 2. The molecule has 1 saturated heterocycles. The normalized spacial score (nSPS) is 13.6. The minimum absolute atomic E-state index is 0.0979. The first kappa shape index (κ1) is 21.6. The standard InChI is InChI=1S/C24H22ClN5O2S/c1-15-11-19(20-13-26-30(22(20)27-15)14-17-5-4-10-33-17)23(31)28-21-12-16(25)6-7-18(21)24(32)29-8-2-3-9-29/h4-7,10-13H,2-3,8-9,14H2,1H3,(H,28,31). The van der Waals surface area contributed by atoms with E-state index >= 15 is 0 Å². The van der Waals surface area contributed by atoms with Crippen molar-refractivity contribution >= 4 is 51.5 Å². The molecule has 5 rings (SSSR count). The molecule has 168 valence electrons. The number of aryl methyl sites for hydroxylation is 1. The SMILES string of the molecule is Cc1cc(C(=O)Nc2cc(Cl)ccc2C(=O)N2CCCC2)c2cnn(Cc3cccs3)c2n1. The lowest BCUT2D eigenvalue weighted by atomic mass is 10.1. The minimum atomic E-state index is -0.334. The summed E-state index contributed by atoms with van der Waals surface area (Å²) in [5, 5.41) is 10.5. The van der Waals surface area contributed by atoms with Crippen molar-refractivity contribution in [1.29, 1.82) is 0 Å². The van der Waals surface area contributed by atoms with Gasteiger partial charge in [0.25, 0.3) is 11.8 Å². The van der Waals surface area contributed by atoms with Crippen LogP contribution in [-0.4, -0.2) is 44.6 Å². The number of pyridine rings is 1. The molecule has 4 aromatic rings. The molecule has 0 unspecified atom stereocenters. The van der Waals surface area contributed by atoms with Crippen molar-refractivity contribution < 1.29 is 9.59 Å². The minimum Gasteiger partial charge on any atom is -0.339 e. The predicted molar refractivity (Wildman–Crippen MR) is 130 cm³/mol. The number of amides is 2. The van der Waals surface area contributed by atoms with Gasteiger partial charge >= 0.3 is 0 Å². The van der Waals surface area contributed by atoms with Crippen LogP contribution < -0.4 is 5.32 Å². The molecule has 1 fully saturated rings. The molecule has 3 aromatic heterocycles. The van der Waals surface area contributed by atoms with Gasteiger partial charge in [-0.3, -0.25) is 9.59 Å². The fourth-order valence-corrected chi connectivity index (χ4v) is 4.97. The van der Waals surface area contributed by atoms with E-state index in [0.29, 0.717) is 45.1 Å². The highest BCUT2D eigenvalue weighted by molar-refractivity contribution is 7.09. The van der Waals surface area contributed by atoms with Crippen molar-refractivity contribution in [2.24, 2.45) is 0 Å². The summed E-state index contributed by atoms with van der Waals surface area (Å²) in [6.07, 6.45) is 3.65. The summed E-state index contributed by atoms with van der Waals surface area (Å²) >= 11 is 7.85. The van der Waals surface area contributed by atoms with Gasteiger partial charge in [0.15, 0.2) is 5.65 Å². The molecule has 0 spiro atoms. The maximum atomic E-state index is 13.4. The quantitative estimate of drug-likeness (QED) is 0.437. The number of hydrogen-bond acceptors (Lipinski definition) is 5. The van der Waals surface area contributed by atoms with Crippen molar-refractivity contribution in [2.75, 3.05) is 18.4 Å². The third-order valence-electron chi connectivity index (χ3n) is 5.72. The number of fused-ring (bicyclic) bond motifs is 1. The number of benzene rings is 1. The first-order valence-corrected chi connectivity index (χ1v) is 12.0. The molecule has 33 heavy (non-hydrogen) atoms. The Hall–Kier alpha value is -3.23. The Labute approximate surface area is 200 Å². The van der Waals surface area contributed by atoms with E-state index in [1.54, 1.807) is 46.5 Å². The summed E-state index contributed by atoms with van der Waals surface area (Å²) in [7, 11) is 0. The van der Waals surface area contributed by atoms with E-state index in [2.05, 4.69) is 15.4 Å². The zero-order valence-corrected chi connectivity index (χ0v) is 19.6. The number of hydrogen-bond donors (Lipinski definition) is 1. The highest BCUT2D eigenvalue weighted by Crippen LogP contribution is 2.26. The topological polar surface area (TPSA) is 80.1 Å². The number of nitrogens with zero attached hydrogens (tertiary/aromatic N) is 4. The van der Waals surface area contributed by atoms with Crippen LogP contribution in [-0.2, 0) is 6.54 Å². The van der Waals surface area contributed by atoms with Crippen LogP contribution in [0.4, 0.5) is 5.69 Å². The second kappa shape index (κ2) is 8.96. The molecule has 0 bridgehead atoms. The zero-order chi connectivity index (χ0) is 22.9. The fourth-order valence-electron chi connectivity index (χ4n) is 4.11. The number of halogens is 1. The number of rotatable bonds is 5. The monoisotopic (exact) mass is 479 g/mol. The van der Waals surface area contributed by atoms with Crippen molar-refractivity contribution in [2.45, 2.75) is 26.3 Å². The van der Waals surface area contributed by atoms with Crippen molar-refractivity contribution in [3.8, 4) is 0 Å². The summed E-state index contributed by atoms with van der Waals surface area (Å²) in [6, 6.07) is 10.7.